The molecule has 0 radical (unpaired) electrons. The number of hydrogen-bond acceptors (Lipinski definition) is 2. The van der Waals surface area contributed by atoms with E-state index in [1.807, 2.05) is 0 Å². The largest absolute Gasteiger partial charge is 0.345 e. The molecule has 0 saturated carbocycles. The van der Waals surface area contributed by atoms with E-state index in [4.69, 9.17) is 9.47 Å². The van der Waals surface area contributed by atoms with Crippen molar-refractivity contribution in [3.63, 3.8) is 0 Å². The summed E-state index contributed by atoms with van der Waals surface area (Å²) >= 11 is 7.24. The lowest BCUT2D eigenvalue weighted by Crippen LogP contribution is -2.47. The van der Waals surface area contributed by atoms with E-state index in [1.54, 1.807) is 0 Å². The molecule has 0 aliphatic carbocycles. The van der Waals surface area contributed by atoms with Gasteiger partial charge >= 0.3 is 0 Å². The zero-order chi connectivity index (χ0) is 9.90. The summed E-state index contributed by atoms with van der Waals surface area (Å²) in [6.07, 6.45) is 2.00. The Kier molecular flexibility index (Phi) is 4.69. The van der Waals surface area contributed by atoms with E-state index >= 15 is 0 Å². The second-order valence-corrected chi connectivity index (χ2v) is 5.38. The fourth-order valence-electron chi connectivity index (χ4n) is 1.57. The fourth-order valence-corrected chi connectivity index (χ4v) is 3.09. The van der Waals surface area contributed by atoms with Gasteiger partial charge in [-0.05, 0) is 12.8 Å². The molecule has 1 saturated heterocycles. The second-order valence-electron chi connectivity index (χ2n) is 3.17. The van der Waals surface area contributed by atoms with Crippen LogP contribution in [0.3, 0.4) is 0 Å². The van der Waals surface area contributed by atoms with Crippen LogP contribution in [0, 0.1) is 0 Å². The summed E-state index contributed by atoms with van der Waals surface area (Å²) < 4.78 is 11.5. The van der Waals surface area contributed by atoms with Crippen LogP contribution >= 0.6 is 31.9 Å². The third kappa shape index (κ3) is 2.28. The summed E-state index contributed by atoms with van der Waals surface area (Å²) in [5.74, 6) is -0.455. The lowest BCUT2D eigenvalue weighted by Gasteiger charge is -2.35. The predicted octanol–water partition coefficient (Wildman–Crippen LogP) is 3.08. The van der Waals surface area contributed by atoms with Crippen LogP contribution in [0.25, 0.3) is 0 Å². The Morgan fingerprint density at radius 2 is 1.46 bits per heavy atom. The number of hydrogen-bond donors (Lipinski definition) is 0. The first-order chi connectivity index (χ1) is 6.17. The van der Waals surface area contributed by atoms with Crippen molar-refractivity contribution in [1.29, 1.82) is 0 Å². The van der Waals surface area contributed by atoms with Crippen LogP contribution in [-0.2, 0) is 9.47 Å². The van der Waals surface area contributed by atoms with Gasteiger partial charge in [0.1, 0.15) is 0 Å². The molecule has 1 aliphatic heterocycles. The van der Waals surface area contributed by atoms with E-state index in [2.05, 4.69) is 45.7 Å². The summed E-state index contributed by atoms with van der Waals surface area (Å²) in [7, 11) is 0. The third-order valence-corrected chi connectivity index (χ3v) is 4.90. The molecule has 1 aliphatic rings. The standard InChI is InChI=1S/C9H16Br2O2/c1-3-7(10)9(8(11)4-2)12-5-6-13-9/h7-8H,3-6H2,1-2H3/t7-,8-/m0/s1. The smallest absolute Gasteiger partial charge is 0.193 e. The molecule has 2 nitrogen and oxygen atoms in total. The first kappa shape index (κ1) is 12.0. The van der Waals surface area contributed by atoms with Crippen LogP contribution in [-0.4, -0.2) is 28.7 Å². The summed E-state index contributed by atoms with van der Waals surface area (Å²) in [5, 5.41) is 0. The van der Waals surface area contributed by atoms with E-state index in [-0.39, 0.29) is 9.65 Å². The van der Waals surface area contributed by atoms with E-state index < -0.39 is 5.79 Å². The van der Waals surface area contributed by atoms with Gasteiger partial charge in [-0.3, -0.25) is 0 Å². The van der Waals surface area contributed by atoms with Crippen molar-refractivity contribution in [1.82, 2.24) is 0 Å². The minimum atomic E-state index is -0.455. The fraction of sp³-hybridized carbons (Fsp3) is 1.00. The topological polar surface area (TPSA) is 18.5 Å². The molecule has 78 valence electrons. The molecule has 0 aromatic rings. The molecule has 13 heavy (non-hydrogen) atoms. The number of rotatable bonds is 4. The van der Waals surface area contributed by atoms with Crippen molar-refractivity contribution < 1.29 is 9.47 Å². The molecule has 0 unspecified atom stereocenters. The average molecular weight is 316 g/mol. The molecule has 1 rings (SSSR count). The number of halogens is 2. The molecule has 1 heterocycles. The quantitative estimate of drug-likeness (QED) is 0.742. The monoisotopic (exact) mass is 314 g/mol. The van der Waals surface area contributed by atoms with Gasteiger partial charge in [-0.1, -0.05) is 45.7 Å². The highest BCUT2D eigenvalue weighted by atomic mass is 79.9. The van der Waals surface area contributed by atoms with Crippen molar-refractivity contribution in [2.75, 3.05) is 13.2 Å². The van der Waals surface area contributed by atoms with Crippen molar-refractivity contribution in [3.05, 3.63) is 0 Å². The van der Waals surface area contributed by atoms with Gasteiger partial charge in [0.15, 0.2) is 5.79 Å². The highest BCUT2D eigenvalue weighted by molar-refractivity contribution is 9.10. The molecule has 4 heteroatoms. The van der Waals surface area contributed by atoms with Crippen LogP contribution in [0.2, 0.25) is 0 Å². The maximum Gasteiger partial charge on any atom is 0.193 e. The molecular formula is C9H16Br2O2. The second kappa shape index (κ2) is 5.10. The lowest BCUT2D eigenvalue weighted by molar-refractivity contribution is -0.154. The zero-order valence-corrected chi connectivity index (χ0v) is 11.2. The average Bonchev–Trinajstić information content (AvgIpc) is 2.65. The van der Waals surface area contributed by atoms with Gasteiger partial charge in [-0.15, -0.1) is 0 Å². The molecule has 1 fully saturated rings. The number of alkyl halides is 2. The van der Waals surface area contributed by atoms with Crippen molar-refractivity contribution in [3.8, 4) is 0 Å². The van der Waals surface area contributed by atoms with Crippen LogP contribution < -0.4 is 0 Å². The summed E-state index contributed by atoms with van der Waals surface area (Å²) in [5.41, 5.74) is 0. The highest BCUT2D eigenvalue weighted by Gasteiger charge is 2.47. The molecule has 2 atom stereocenters. The van der Waals surface area contributed by atoms with Gasteiger partial charge in [0, 0.05) is 0 Å². The summed E-state index contributed by atoms with van der Waals surface area (Å²) in [6.45, 7) is 5.65. The predicted molar refractivity (Wildman–Crippen MR) is 60.6 cm³/mol. The zero-order valence-electron chi connectivity index (χ0n) is 8.06. The van der Waals surface area contributed by atoms with Gasteiger partial charge in [0.05, 0.1) is 22.9 Å². The van der Waals surface area contributed by atoms with Crippen LogP contribution in [0.5, 0.6) is 0 Å². The molecule has 0 spiro atoms. The van der Waals surface area contributed by atoms with Gasteiger partial charge in [0.25, 0.3) is 0 Å². The Balaban J connectivity index is 2.73. The molecule has 0 aromatic heterocycles. The Morgan fingerprint density at radius 1 is 1.08 bits per heavy atom. The molecule has 0 bridgehead atoms. The van der Waals surface area contributed by atoms with E-state index in [1.165, 1.54) is 0 Å². The minimum absolute atomic E-state index is 0.256. The Morgan fingerprint density at radius 3 is 1.77 bits per heavy atom. The van der Waals surface area contributed by atoms with Crippen molar-refractivity contribution in [2.45, 2.75) is 42.1 Å². The molecule has 0 N–H and O–H groups in total. The Hall–Kier alpha value is 0.880. The first-order valence-electron chi connectivity index (χ1n) is 4.73. The van der Waals surface area contributed by atoms with Gasteiger partial charge in [-0.2, -0.15) is 0 Å². The van der Waals surface area contributed by atoms with Crippen LogP contribution in [0.1, 0.15) is 26.7 Å². The highest BCUT2D eigenvalue weighted by Crippen LogP contribution is 2.38. The van der Waals surface area contributed by atoms with Crippen molar-refractivity contribution >= 4 is 31.9 Å². The normalized spacial score (nSPS) is 25.8. The Bertz CT molecular complexity index is 146. The van der Waals surface area contributed by atoms with Gasteiger partial charge < -0.3 is 9.47 Å². The first-order valence-corrected chi connectivity index (χ1v) is 6.56. The molecular weight excluding hydrogens is 300 g/mol. The maximum absolute atomic E-state index is 5.73. The van der Waals surface area contributed by atoms with Crippen LogP contribution in [0.4, 0.5) is 0 Å². The van der Waals surface area contributed by atoms with E-state index in [0.717, 1.165) is 12.8 Å². The van der Waals surface area contributed by atoms with Gasteiger partial charge in [-0.25, -0.2) is 0 Å². The molecule has 0 aromatic carbocycles. The maximum atomic E-state index is 5.73. The van der Waals surface area contributed by atoms with Crippen molar-refractivity contribution in [2.24, 2.45) is 0 Å². The minimum Gasteiger partial charge on any atom is -0.345 e. The lowest BCUT2D eigenvalue weighted by atomic mass is 10.1. The third-order valence-electron chi connectivity index (χ3n) is 2.33. The summed E-state index contributed by atoms with van der Waals surface area (Å²) in [6, 6.07) is 0. The van der Waals surface area contributed by atoms with Gasteiger partial charge in [0.2, 0.25) is 0 Å². The summed E-state index contributed by atoms with van der Waals surface area (Å²) in [4.78, 5) is 0.513. The van der Waals surface area contributed by atoms with E-state index in [0.29, 0.717) is 13.2 Å². The van der Waals surface area contributed by atoms with E-state index in [9.17, 15) is 0 Å². The Labute approximate surface area is 96.6 Å². The number of ether oxygens (including phenoxy) is 2. The molecule has 0 amide bonds. The SMILES string of the molecule is CC[C@H](Br)C1([C@@H](Br)CC)OCCO1. The van der Waals surface area contributed by atoms with Crippen LogP contribution in [0.15, 0.2) is 0 Å².